The molecule has 9 rings (SSSR count). The number of nitrogens with zero attached hydrogens (tertiary/aromatic N) is 5. The van der Waals surface area contributed by atoms with Gasteiger partial charge >= 0.3 is 0 Å². The van der Waals surface area contributed by atoms with E-state index in [2.05, 4.69) is 116 Å². The highest BCUT2D eigenvalue weighted by Crippen LogP contribution is 2.39. The number of rotatable bonds is 4. The lowest BCUT2D eigenvalue weighted by atomic mass is 9.95. The van der Waals surface area contributed by atoms with Crippen LogP contribution in [0.5, 0.6) is 0 Å². The third-order valence-electron chi connectivity index (χ3n) is 9.02. The molecule has 0 bridgehead atoms. The maximum absolute atomic E-state index is 5.43. The summed E-state index contributed by atoms with van der Waals surface area (Å²) in [7, 11) is 0. The minimum atomic E-state index is 0.957. The van der Waals surface area contributed by atoms with Crippen LogP contribution in [-0.2, 0) is 0 Å². The van der Waals surface area contributed by atoms with E-state index in [1.54, 1.807) is 0 Å². The van der Waals surface area contributed by atoms with Gasteiger partial charge in [-0.25, -0.2) is 4.98 Å². The van der Waals surface area contributed by atoms with Gasteiger partial charge in [-0.1, -0.05) is 66.7 Å². The summed E-state index contributed by atoms with van der Waals surface area (Å²) in [4.78, 5) is 14.6. The Kier molecular flexibility index (Phi) is 5.69. The minimum absolute atomic E-state index is 0.957. The van der Waals surface area contributed by atoms with Crippen molar-refractivity contribution in [2.45, 2.75) is 25.7 Å². The lowest BCUT2D eigenvalue weighted by molar-refractivity contribution is 0.939. The lowest BCUT2D eigenvalue weighted by Gasteiger charge is -2.19. The summed E-state index contributed by atoms with van der Waals surface area (Å²) < 4.78 is 4.78. The molecule has 0 saturated carbocycles. The summed E-state index contributed by atoms with van der Waals surface area (Å²) in [5.41, 5.74) is 13.7. The summed E-state index contributed by atoms with van der Waals surface area (Å²) in [6.45, 7) is 0. The van der Waals surface area contributed by atoms with Gasteiger partial charge in [0, 0.05) is 45.8 Å². The molecule has 0 saturated heterocycles. The SMILES string of the molecule is C1=CN=C(C2=CC=C(n3c4ccccc4c4nc5c6ccccc6n(-c6ccc(-c7ccccn7)cc6)c5cc43)CC2)CC1. The van der Waals surface area contributed by atoms with Gasteiger partial charge in [-0.05, 0) is 79.8 Å². The Balaban J connectivity index is 1.27. The average Bonchev–Trinajstić information content (AvgIpc) is 3.60. The van der Waals surface area contributed by atoms with E-state index in [-0.39, 0.29) is 0 Å². The van der Waals surface area contributed by atoms with Crippen LogP contribution < -0.4 is 0 Å². The Morgan fingerprint density at radius 2 is 1.34 bits per heavy atom. The molecule has 2 aliphatic rings. The molecular weight excluding hydrogens is 538 g/mol. The van der Waals surface area contributed by atoms with E-state index in [1.165, 1.54) is 27.9 Å². The fourth-order valence-electron chi connectivity index (χ4n) is 6.93. The molecule has 0 spiro atoms. The van der Waals surface area contributed by atoms with Crippen molar-refractivity contribution in [2.24, 2.45) is 4.99 Å². The molecule has 0 N–H and O–H groups in total. The van der Waals surface area contributed by atoms with E-state index in [1.807, 2.05) is 30.6 Å². The van der Waals surface area contributed by atoms with Gasteiger partial charge < -0.3 is 9.13 Å². The maximum Gasteiger partial charge on any atom is 0.0972 e. The summed E-state index contributed by atoms with van der Waals surface area (Å²) in [5.74, 6) is 0. The van der Waals surface area contributed by atoms with E-state index in [0.29, 0.717) is 0 Å². The zero-order valence-corrected chi connectivity index (χ0v) is 24.2. The number of aromatic nitrogens is 4. The first-order chi connectivity index (χ1) is 21.8. The third-order valence-corrected chi connectivity index (χ3v) is 9.02. The highest BCUT2D eigenvalue weighted by Gasteiger charge is 2.21. The van der Waals surface area contributed by atoms with Gasteiger partial charge in [-0.2, -0.15) is 0 Å². The molecule has 0 fully saturated rings. The summed E-state index contributed by atoms with van der Waals surface area (Å²) in [6, 6.07) is 34.3. The molecule has 1 aliphatic heterocycles. The Bertz CT molecular complexity index is 2360. The molecule has 0 atom stereocenters. The molecule has 5 nitrogen and oxygen atoms in total. The number of fused-ring (bicyclic) bond motifs is 6. The molecule has 0 radical (unpaired) electrons. The van der Waals surface area contributed by atoms with E-state index in [9.17, 15) is 0 Å². The molecule has 0 unspecified atom stereocenters. The molecular formula is C39H29N5. The smallest absolute Gasteiger partial charge is 0.0972 e. The zero-order valence-electron chi connectivity index (χ0n) is 24.2. The molecule has 5 heteroatoms. The predicted octanol–water partition coefficient (Wildman–Crippen LogP) is 9.66. The fraction of sp³-hybridized carbons (Fsp3) is 0.103. The first-order valence-electron chi connectivity index (χ1n) is 15.3. The monoisotopic (exact) mass is 567 g/mol. The quantitative estimate of drug-likeness (QED) is 0.213. The van der Waals surface area contributed by atoms with Crippen LogP contribution in [0.3, 0.4) is 0 Å². The van der Waals surface area contributed by atoms with Crippen LogP contribution in [0.4, 0.5) is 0 Å². The Morgan fingerprint density at radius 3 is 2.02 bits per heavy atom. The molecule has 0 amide bonds. The second-order valence-electron chi connectivity index (χ2n) is 11.5. The fourth-order valence-corrected chi connectivity index (χ4v) is 6.93. The normalized spacial score (nSPS) is 15.2. The van der Waals surface area contributed by atoms with Crippen LogP contribution >= 0.6 is 0 Å². The van der Waals surface area contributed by atoms with E-state index in [4.69, 9.17) is 4.98 Å². The molecule has 7 aromatic rings. The number of benzene rings is 3. The van der Waals surface area contributed by atoms with Crippen molar-refractivity contribution < 1.29 is 0 Å². The van der Waals surface area contributed by atoms with Gasteiger partial charge in [0.25, 0.3) is 0 Å². The molecule has 3 aromatic carbocycles. The van der Waals surface area contributed by atoms with E-state index >= 15 is 0 Å². The Morgan fingerprint density at radius 1 is 0.614 bits per heavy atom. The van der Waals surface area contributed by atoms with Gasteiger partial charge in [0.1, 0.15) is 0 Å². The zero-order chi connectivity index (χ0) is 29.0. The van der Waals surface area contributed by atoms with Crippen molar-refractivity contribution in [2.75, 3.05) is 0 Å². The highest BCUT2D eigenvalue weighted by molar-refractivity contribution is 6.15. The second kappa shape index (κ2) is 10.0. The van der Waals surface area contributed by atoms with Crippen molar-refractivity contribution in [3.05, 3.63) is 133 Å². The number of pyridine rings is 2. The van der Waals surface area contributed by atoms with Crippen LogP contribution in [0.15, 0.2) is 138 Å². The number of hydrogen-bond acceptors (Lipinski definition) is 3. The largest absolute Gasteiger partial charge is 0.311 e. The van der Waals surface area contributed by atoms with E-state index in [0.717, 1.165) is 75.6 Å². The lowest BCUT2D eigenvalue weighted by Crippen LogP contribution is -2.09. The van der Waals surface area contributed by atoms with Crippen LogP contribution in [0.1, 0.15) is 25.7 Å². The summed E-state index contributed by atoms with van der Waals surface area (Å²) in [6.07, 6.45) is 14.6. The Labute approximate surface area is 254 Å². The van der Waals surface area contributed by atoms with Crippen LogP contribution in [0.25, 0.3) is 66.5 Å². The van der Waals surface area contributed by atoms with Crippen LogP contribution in [-0.4, -0.2) is 24.8 Å². The third kappa shape index (κ3) is 3.89. The van der Waals surface area contributed by atoms with Crippen LogP contribution in [0, 0.1) is 0 Å². The van der Waals surface area contributed by atoms with Gasteiger partial charge in [0.2, 0.25) is 0 Å². The number of hydrogen-bond donors (Lipinski definition) is 0. The van der Waals surface area contributed by atoms with Crippen LogP contribution in [0.2, 0.25) is 0 Å². The second-order valence-corrected chi connectivity index (χ2v) is 11.5. The van der Waals surface area contributed by atoms with Gasteiger partial charge in [-0.3, -0.25) is 9.98 Å². The van der Waals surface area contributed by atoms with Gasteiger partial charge in [0.15, 0.2) is 0 Å². The minimum Gasteiger partial charge on any atom is -0.311 e. The molecule has 5 heterocycles. The van der Waals surface area contributed by atoms with Crippen molar-refractivity contribution in [1.29, 1.82) is 0 Å². The number of allylic oxidation sites excluding steroid dienone is 5. The predicted molar refractivity (Wildman–Crippen MR) is 182 cm³/mol. The standard InChI is InChI=1S/C39H29N5/c1-3-13-34-30(9-1)38-36(43(34)28-19-15-26(16-20-28)32-11-5-7-23-40-32)25-37-39(42-38)31-10-2-4-14-35(31)44(37)29-21-17-27(18-22-29)33-12-6-8-24-41-33/h1-5,7-11,13-17,19-21,23-25H,6,12,18,22H2. The Hall–Kier alpha value is -5.55. The van der Waals surface area contributed by atoms with Gasteiger partial charge in [0.05, 0.1) is 38.8 Å². The van der Waals surface area contributed by atoms with Crippen molar-refractivity contribution in [3.8, 4) is 16.9 Å². The van der Waals surface area contributed by atoms with Crippen molar-refractivity contribution in [1.82, 2.24) is 19.1 Å². The first kappa shape index (κ1) is 25.0. The maximum atomic E-state index is 5.43. The number of aliphatic imine (C=N–C) groups is 1. The number of para-hydroxylation sites is 2. The average molecular weight is 568 g/mol. The first-order valence-corrected chi connectivity index (χ1v) is 15.3. The molecule has 210 valence electrons. The summed E-state index contributed by atoms with van der Waals surface area (Å²) in [5, 5.41) is 2.33. The van der Waals surface area contributed by atoms with E-state index < -0.39 is 0 Å². The molecule has 4 aromatic heterocycles. The topological polar surface area (TPSA) is 48.0 Å². The molecule has 44 heavy (non-hydrogen) atoms. The van der Waals surface area contributed by atoms with Crippen molar-refractivity contribution in [3.63, 3.8) is 0 Å². The molecule has 1 aliphatic carbocycles. The van der Waals surface area contributed by atoms with Gasteiger partial charge in [-0.15, -0.1) is 0 Å². The summed E-state index contributed by atoms with van der Waals surface area (Å²) >= 11 is 0. The van der Waals surface area contributed by atoms with Crippen molar-refractivity contribution >= 4 is 55.3 Å². The highest BCUT2D eigenvalue weighted by atomic mass is 15.0.